The van der Waals surface area contributed by atoms with Crippen LogP contribution in [0.3, 0.4) is 0 Å². The molecule has 10 amide bonds. The van der Waals surface area contributed by atoms with Gasteiger partial charge in [-0.05, 0) is 172 Å². The summed E-state index contributed by atoms with van der Waals surface area (Å²) in [5.41, 5.74) is -3.04. The first-order valence-corrected chi connectivity index (χ1v) is 32.9. The summed E-state index contributed by atoms with van der Waals surface area (Å²) in [5, 5.41) is 22.2. The van der Waals surface area contributed by atoms with Crippen LogP contribution in [-0.4, -0.2) is 184 Å². The van der Waals surface area contributed by atoms with Gasteiger partial charge < -0.3 is 76.3 Å². The van der Waals surface area contributed by atoms with Gasteiger partial charge in [0.1, 0.15) is 94.2 Å². The Morgan fingerprint density at radius 2 is 1.02 bits per heavy atom. The number of methoxy groups -OCH3 is 1. The number of carbonyl (C=O) groups is 14. The van der Waals surface area contributed by atoms with Crippen LogP contribution in [0.4, 0.5) is 4.79 Å². The van der Waals surface area contributed by atoms with Gasteiger partial charge in [0, 0.05) is 39.0 Å². The summed E-state index contributed by atoms with van der Waals surface area (Å²) in [4.78, 5) is 189. The maximum atomic E-state index is 14.6. The van der Waals surface area contributed by atoms with E-state index >= 15 is 0 Å². The van der Waals surface area contributed by atoms with E-state index < -0.39 is 172 Å². The van der Waals surface area contributed by atoms with Gasteiger partial charge in [-0.2, -0.15) is 0 Å². The van der Waals surface area contributed by atoms with E-state index in [0.29, 0.717) is 17.7 Å². The molecule has 1 fully saturated rings. The number of benzene rings is 1. The van der Waals surface area contributed by atoms with Gasteiger partial charge in [0.2, 0.25) is 47.3 Å². The molecule has 0 bridgehead atoms. The van der Waals surface area contributed by atoms with Crippen LogP contribution in [0.5, 0.6) is 5.75 Å². The number of esters is 4. The highest BCUT2D eigenvalue weighted by molar-refractivity contribution is 8.00. The van der Waals surface area contributed by atoms with E-state index in [1.54, 1.807) is 107 Å². The Hall–Kier alpha value is -8.51. The van der Waals surface area contributed by atoms with Crippen LogP contribution in [0.25, 0.3) is 0 Å². The molecule has 0 unspecified atom stereocenters. The quantitative estimate of drug-likeness (QED) is 0.0211. The number of hydrogen-bond acceptors (Lipinski definition) is 21. The second kappa shape index (κ2) is 36.6. The molecule has 0 radical (unpaired) electrons. The lowest BCUT2D eigenvalue weighted by Crippen LogP contribution is -2.71. The molecule has 0 aliphatic carbocycles. The molecule has 0 saturated carbocycles. The topological polar surface area (TPSA) is 406 Å². The SMILES string of the molecule is COc1ccc(COC(=O)C2=C(CC[C@H](NC(=O)CC[C@@H](NC(C)=O)C(=O)OC(C)(C)C)C(=O)N[C@H](C)C(=O)N[C@H](C)C(=O)OC(C)(C)C)CS[C@@H]3[C@H](NC(=O)[C@H](CCCCNC(=O)OC(C)(C)C)NC(=O)CC[C@@H](NC(=O)[C@H](C)NC(C)=O)C(=O)OC(C)(C)C)C(=O)N23)cc1. The van der Waals surface area contributed by atoms with E-state index in [4.69, 9.17) is 28.4 Å². The normalized spacial score (nSPS) is 16.8. The standard InChI is InChI=1S/C65H100N10O20S/c1-35(67-38(4)76)52(81)73-46(59(87)94-64(12,13)14)29-31-47(78)71-43(21-19-20-32-66-61(89)95-65(15,16)17)54(83)74-49-55(84)75-50(60(88)91-33-40-22-25-42(90-18)26-23-40)41(34-96-56(49)75)24-27-44(53(82)68-36(2)51(80)69-37(3)57(85)92-62(6,7)8)72-48(79)30-28-45(70-39(5)77)58(86)93-63(9,10)11/h22-23,25-26,35-37,43-46,49,56H,19-21,24,27-34H2,1-18H3,(H,66,89)(H,67,76)(H,68,82)(H,69,80)(H,70,77)(H,71,78)(H,72,79)(H,73,81)(H,74,83)/t35-,36+,37+,43-,44-,45+,46+,49+,56+/m0/s1. The minimum absolute atomic E-state index is 0.0184. The third-order valence-corrected chi connectivity index (χ3v) is 15.1. The average molecular weight is 1370 g/mol. The fourth-order valence-electron chi connectivity index (χ4n) is 9.30. The molecule has 0 aromatic heterocycles. The summed E-state index contributed by atoms with van der Waals surface area (Å²) in [7, 11) is 1.48. The summed E-state index contributed by atoms with van der Waals surface area (Å²) >= 11 is 1.13. The monoisotopic (exact) mass is 1370 g/mol. The van der Waals surface area contributed by atoms with E-state index in [-0.39, 0.29) is 68.7 Å². The van der Waals surface area contributed by atoms with E-state index in [0.717, 1.165) is 16.7 Å². The van der Waals surface area contributed by atoms with Crippen molar-refractivity contribution in [2.24, 2.45) is 0 Å². The number of amides is 10. The summed E-state index contributed by atoms with van der Waals surface area (Å²) in [6, 6.07) is -3.68. The third kappa shape index (κ3) is 29.2. The van der Waals surface area contributed by atoms with Gasteiger partial charge in [-0.25, -0.2) is 24.0 Å². The van der Waals surface area contributed by atoms with Crippen molar-refractivity contribution in [2.75, 3.05) is 19.4 Å². The van der Waals surface area contributed by atoms with Gasteiger partial charge in [0.15, 0.2) is 0 Å². The van der Waals surface area contributed by atoms with Crippen molar-refractivity contribution < 1.29 is 95.5 Å². The zero-order valence-electron chi connectivity index (χ0n) is 58.5. The van der Waals surface area contributed by atoms with Crippen LogP contribution in [0.2, 0.25) is 0 Å². The number of nitrogens with one attached hydrogen (secondary N) is 9. The minimum atomic E-state index is -1.48. The Morgan fingerprint density at radius 3 is 1.53 bits per heavy atom. The number of ether oxygens (including phenoxy) is 6. The van der Waals surface area contributed by atoms with Crippen LogP contribution in [0, 0.1) is 0 Å². The van der Waals surface area contributed by atoms with E-state index in [2.05, 4.69) is 47.9 Å². The zero-order valence-corrected chi connectivity index (χ0v) is 59.3. The fraction of sp³-hybridized carbons (Fsp3) is 0.662. The largest absolute Gasteiger partial charge is 0.497 e. The zero-order chi connectivity index (χ0) is 72.8. The summed E-state index contributed by atoms with van der Waals surface area (Å²) in [6.45, 7) is 26.1. The predicted molar refractivity (Wildman–Crippen MR) is 350 cm³/mol. The Balaban J connectivity index is 2.04. The van der Waals surface area contributed by atoms with Crippen LogP contribution >= 0.6 is 11.8 Å². The molecule has 9 atom stereocenters. The van der Waals surface area contributed by atoms with Gasteiger partial charge >= 0.3 is 30.0 Å². The lowest BCUT2D eigenvalue weighted by molar-refractivity contribution is -0.159. The van der Waals surface area contributed by atoms with Crippen LogP contribution in [-0.2, 0) is 92.6 Å². The van der Waals surface area contributed by atoms with Gasteiger partial charge in [-0.15, -0.1) is 11.8 Å². The van der Waals surface area contributed by atoms with Crippen molar-refractivity contribution in [3.05, 3.63) is 41.1 Å². The molecular formula is C65H100N10O20S. The van der Waals surface area contributed by atoms with Crippen LogP contribution < -0.4 is 52.6 Å². The molecule has 2 aliphatic heterocycles. The van der Waals surface area contributed by atoms with Crippen molar-refractivity contribution in [1.82, 2.24) is 52.8 Å². The predicted octanol–water partition coefficient (Wildman–Crippen LogP) is 2.95. The molecule has 1 aromatic rings. The van der Waals surface area contributed by atoms with Crippen molar-refractivity contribution in [3.8, 4) is 5.75 Å². The van der Waals surface area contributed by atoms with Gasteiger partial charge in [-0.3, -0.25) is 48.1 Å². The van der Waals surface area contributed by atoms with Crippen molar-refractivity contribution in [1.29, 1.82) is 0 Å². The highest BCUT2D eigenvalue weighted by Crippen LogP contribution is 2.42. The Labute approximate surface area is 565 Å². The lowest BCUT2D eigenvalue weighted by Gasteiger charge is -2.50. The molecule has 31 heteroatoms. The maximum Gasteiger partial charge on any atom is 0.407 e. The summed E-state index contributed by atoms with van der Waals surface area (Å²) in [6.07, 6.45) is -2.10. The lowest BCUT2D eigenvalue weighted by atomic mass is 9.98. The number of unbranched alkanes of at least 4 members (excludes halogenated alkanes) is 1. The molecule has 96 heavy (non-hydrogen) atoms. The number of thioether (sulfide) groups is 1. The Kier molecular flexibility index (Phi) is 31.1. The number of alkyl carbamates (subject to hydrolysis) is 1. The first-order chi connectivity index (χ1) is 44.4. The van der Waals surface area contributed by atoms with Crippen molar-refractivity contribution in [2.45, 2.75) is 258 Å². The number of hydrogen-bond donors (Lipinski definition) is 9. The number of fused-ring (bicyclic) bond motifs is 1. The van der Waals surface area contributed by atoms with Crippen molar-refractivity contribution >= 4 is 94.9 Å². The molecule has 1 saturated heterocycles. The Morgan fingerprint density at radius 1 is 0.542 bits per heavy atom. The number of nitrogens with zero attached hydrogens (tertiary/aromatic N) is 1. The molecule has 2 aliphatic rings. The first-order valence-electron chi connectivity index (χ1n) is 31.8. The maximum absolute atomic E-state index is 14.6. The highest BCUT2D eigenvalue weighted by Gasteiger charge is 2.55. The summed E-state index contributed by atoms with van der Waals surface area (Å²) in [5.74, 6) is -9.52. The van der Waals surface area contributed by atoms with Crippen LogP contribution in [0.15, 0.2) is 35.5 Å². The van der Waals surface area contributed by atoms with Crippen LogP contribution in [0.1, 0.15) is 181 Å². The van der Waals surface area contributed by atoms with Gasteiger partial charge in [-0.1, -0.05) is 12.1 Å². The molecule has 3 rings (SSSR count). The number of carbonyl (C=O) groups excluding carboxylic acids is 14. The fourth-order valence-corrected chi connectivity index (χ4v) is 10.7. The van der Waals surface area contributed by atoms with E-state index in [9.17, 15) is 67.1 Å². The number of β-lactam (4-membered cyclic amide) rings is 1. The van der Waals surface area contributed by atoms with E-state index in [1.165, 1.54) is 41.7 Å². The Bertz CT molecular complexity index is 3020. The van der Waals surface area contributed by atoms with Gasteiger partial charge in [0.25, 0.3) is 5.91 Å². The molecule has 30 nitrogen and oxygen atoms in total. The molecule has 2 heterocycles. The first kappa shape index (κ1) is 81.7. The molecule has 0 spiro atoms. The molecule has 1 aromatic carbocycles. The molecular weight excluding hydrogens is 1270 g/mol. The highest BCUT2D eigenvalue weighted by atomic mass is 32.2. The molecule has 536 valence electrons. The van der Waals surface area contributed by atoms with Crippen molar-refractivity contribution in [3.63, 3.8) is 0 Å². The second-order valence-corrected chi connectivity index (χ2v) is 28.5. The molecule has 9 N–H and O–H groups in total. The second-order valence-electron chi connectivity index (χ2n) is 27.4. The number of rotatable bonds is 33. The smallest absolute Gasteiger partial charge is 0.407 e. The average Bonchev–Trinajstić information content (AvgIpc) is 0.732. The summed E-state index contributed by atoms with van der Waals surface area (Å²) < 4.78 is 32.8. The third-order valence-electron chi connectivity index (χ3n) is 13.8. The van der Waals surface area contributed by atoms with E-state index in [1.807, 2.05) is 0 Å². The van der Waals surface area contributed by atoms with Gasteiger partial charge in [0.05, 0.1) is 7.11 Å². The minimum Gasteiger partial charge on any atom is -0.497 e.